The summed E-state index contributed by atoms with van der Waals surface area (Å²) in [6.45, 7) is 0. The van der Waals surface area contributed by atoms with Crippen molar-refractivity contribution in [1.82, 2.24) is 9.78 Å². The van der Waals surface area contributed by atoms with Crippen molar-refractivity contribution in [2.75, 3.05) is 11.2 Å². The second kappa shape index (κ2) is 3.44. The van der Waals surface area contributed by atoms with Crippen molar-refractivity contribution in [3.05, 3.63) is 12.3 Å². The number of alkyl halides is 3. The number of hydrogen-bond donors (Lipinski definition) is 1. The molecular weight excluding hydrogens is 228 g/mol. The number of carbonyl (C=O) groups excluding carboxylic acids is 1. The predicted octanol–water partition coefficient (Wildman–Crippen LogP) is 1.64. The highest BCUT2D eigenvalue weighted by Gasteiger charge is 2.59. The average molecular weight is 236 g/mol. The van der Waals surface area contributed by atoms with Gasteiger partial charge in [-0.05, 0) is 0 Å². The Balaban J connectivity index is 2.02. The first-order valence-corrected chi connectivity index (χ1v) is 4.85. The van der Waals surface area contributed by atoms with Gasteiger partial charge < -0.3 is 5.32 Å². The molecule has 1 fully saturated rings. The molecule has 0 spiro atoms. The third-order valence-electron chi connectivity index (χ3n) is 2.11. The lowest BCUT2D eigenvalue weighted by molar-refractivity contribution is -0.113. The van der Waals surface area contributed by atoms with Crippen molar-refractivity contribution in [3.63, 3.8) is 0 Å². The van der Waals surface area contributed by atoms with Crippen LogP contribution in [0.25, 0.3) is 0 Å². The van der Waals surface area contributed by atoms with E-state index in [9.17, 15) is 13.6 Å². The van der Waals surface area contributed by atoms with Crippen molar-refractivity contribution in [2.24, 2.45) is 0 Å². The Kier molecular flexibility index (Phi) is 2.38. The second-order valence-electron chi connectivity index (χ2n) is 3.34. The van der Waals surface area contributed by atoms with Gasteiger partial charge in [-0.3, -0.25) is 9.48 Å². The van der Waals surface area contributed by atoms with Gasteiger partial charge in [0.1, 0.15) is 11.9 Å². The first kappa shape index (κ1) is 10.4. The van der Waals surface area contributed by atoms with E-state index in [-0.39, 0.29) is 18.1 Å². The maximum absolute atomic E-state index is 12.7. The van der Waals surface area contributed by atoms with E-state index in [1.807, 2.05) is 0 Å². The van der Waals surface area contributed by atoms with E-state index in [2.05, 4.69) is 10.4 Å². The van der Waals surface area contributed by atoms with Crippen LogP contribution in [-0.4, -0.2) is 27.5 Å². The number of nitrogens with zero attached hydrogens (tertiary/aromatic N) is 2. The molecule has 1 heterocycles. The van der Waals surface area contributed by atoms with Crippen LogP contribution >= 0.6 is 11.6 Å². The van der Waals surface area contributed by atoms with Crippen molar-refractivity contribution in [3.8, 4) is 0 Å². The Hall–Kier alpha value is -1.17. The van der Waals surface area contributed by atoms with Gasteiger partial charge in [0.05, 0.1) is 0 Å². The molecule has 1 unspecified atom stereocenters. The van der Waals surface area contributed by atoms with Crippen LogP contribution in [0.15, 0.2) is 12.3 Å². The average Bonchev–Trinajstić information content (AvgIpc) is 2.63. The number of carbonyl (C=O) groups is 1. The zero-order valence-electron chi connectivity index (χ0n) is 7.58. The first-order chi connectivity index (χ1) is 7.03. The maximum atomic E-state index is 12.7. The zero-order chi connectivity index (χ0) is 11.1. The summed E-state index contributed by atoms with van der Waals surface area (Å²) in [6, 6.07) is 0.581. The van der Waals surface area contributed by atoms with Crippen molar-refractivity contribution >= 4 is 23.3 Å². The van der Waals surface area contributed by atoms with Crippen molar-refractivity contribution in [2.45, 2.75) is 18.4 Å². The molecule has 0 aromatic carbocycles. The molecule has 7 heteroatoms. The monoisotopic (exact) mass is 235 g/mol. The Morgan fingerprint density at radius 2 is 2.47 bits per heavy atom. The number of rotatable bonds is 3. The molecular formula is C8H8ClF2N3O. The van der Waals surface area contributed by atoms with E-state index in [1.54, 1.807) is 0 Å². The summed E-state index contributed by atoms with van der Waals surface area (Å²) in [5.41, 5.74) is 0. The van der Waals surface area contributed by atoms with Crippen LogP contribution in [-0.2, 0) is 4.79 Å². The van der Waals surface area contributed by atoms with Gasteiger partial charge in [-0.1, -0.05) is 0 Å². The summed E-state index contributed by atoms with van der Waals surface area (Å²) in [4.78, 5) is 10.9. The minimum absolute atomic E-state index is 0.188. The number of anilines is 1. The highest BCUT2D eigenvalue weighted by molar-refractivity contribution is 6.28. The van der Waals surface area contributed by atoms with E-state index in [0.717, 1.165) is 4.68 Å². The van der Waals surface area contributed by atoms with Crippen molar-refractivity contribution < 1.29 is 13.6 Å². The Bertz CT molecular complexity index is 393. The molecule has 82 valence electrons. The molecule has 15 heavy (non-hydrogen) atoms. The summed E-state index contributed by atoms with van der Waals surface area (Å²) in [5, 5.41) is 6.18. The quantitative estimate of drug-likeness (QED) is 0.810. The summed E-state index contributed by atoms with van der Waals surface area (Å²) in [7, 11) is 0. The Morgan fingerprint density at radius 1 is 1.80 bits per heavy atom. The second-order valence-corrected chi connectivity index (χ2v) is 3.61. The minimum atomic E-state index is -2.67. The molecule has 0 aliphatic heterocycles. The van der Waals surface area contributed by atoms with Gasteiger partial charge in [0, 0.05) is 18.7 Å². The third-order valence-corrected chi connectivity index (χ3v) is 2.35. The number of halogens is 3. The van der Waals surface area contributed by atoms with Crippen LogP contribution in [0.5, 0.6) is 0 Å². The number of nitrogens with one attached hydrogen (secondary N) is 1. The van der Waals surface area contributed by atoms with Crippen LogP contribution in [0.2, 0.25) is 0 Å². The fourth-order valence-corrected chi connectivity index (χ4v) is 1.31. The van der Waals surface area contributed by atoms with E-state index in [0.29, 0.717) is 0 Å². The zero-order valence-corrected chi connectivity index (χ0v) is 8.34. The molecule has 1 saturated carbocycles. The number of amides is 1. The van der Waals surface area contributed by atoms with Crippen LogP contribution in [0.4, 0.5) is 14.6 Å². The molecule has 1 amide bonds. The topological polar surface area (TPSA) is 46.9 Å². The standard InChI is InChI=1S/C8H8ClF2N3O/c9-4-7(15)12-6-1-2-14(13-6)5-3-8(5,10)11/h1-2,5H,3-4H2,(H,12,13,15). The van der Waals surface area contributed by atoms with Gasteiger partial charge in [0.2, 0.25) is 5.91 Å². The molecule has 1 aliphatic rings. The van der Waals surface area contributed by atoms with E-state index >= 15 is 0 Å². The summed E-state index contributed by atoms with van der Waals surface area (Å²) >= 11 is 5.26. The fourth-order valence-electron chi connectivity index (χ4n) is 1.24. The first-order valence-electron chi connectivity index (χ1n) is 4.32. The third kappa shape index (κ3) is 2.09. The molecule has 1 aromatic rings. The number of hydrogen-bond acceptors (Lipinski definition) is 2. The molecule has 2 rings (SSSR count). The summed E-state index contributed by atoms with van der Waals surface area (Å²) < 4.78 is 26.5. The summed E-state index contributed by atoms with van der Waals surface area (Å²) in [6.07, 6.45) is 1.22. The molecule has 0 radical (unpaired) electrons. The van der Waals surface area contributed by atoms with Gasteiger partial charge >= 0.3 is 0 Å². The fraction of sp³-hybridized carbons (Fsp3) is 0.500. The minimum Gasteiger partial charge on any atom is -0.308 e. The van der Waals surface area contributed by atoms with Crippen LogP contribution in [0.1, 0.15) is 12.5 Å². The smallest absolute Gasteiger partial charge is 0.272 e. The van der Waals surface area contributed by atoms with Gasteiger partial charge in [-0.2, -0.15) is 5.10 Å². The molecule has 1 aliphatic carbocycles. The van der Waals surface area contributed by atoms with Gasteiger partial charge in [0.25, 0.3) is 5.92 Å². The highest BCUT2D eigenvalue weighted by Crippen LogP contribution is 2.52. The molecule has 1 atom stereocenters. The predicted molar refractivity (Wildman–Crippen MR) is 50.2 cm³/mol. The lowest BCUT2D eigenvalue weighted by atomic mass is 10.6. The van der Waals surface area contributed by atoms with Crippen molar-refractivity contribution in [1.29, 1.82) is 0 Å². The highest BCUT2D eigenvalue weighted by atomic mass is 35.5. The lowest BCUT2D eigenvalue weighted by Gasteiger charge is -1.99. The Labute approximate surface area is 89.2 Å². The largest absolute Gasteiger partial charge is 0.308 e. The lowest BCUT2D eigenvalue weighted by Crippen LogP contribution is -2.13. The normalized spacial score (nSPS) is 22.5. The van der Waals surface area contributed by atoms with Gasteiger partial charge in [-0.25, -0.2) is 8.78 Å². The maximum Gasteiger partial charge on any atom is 0.272 e. The van der Waals surface area contributed by atoms with E-state index in [1.165, 1.54) is 12.3 Å². The van der Waals surface area contributed by atoms with Gasteiger partial charge in [0.15, 0.2) is 5.82 Å². The van der Waals surface area contributed by atoms with Crippen LogP contribution in [0, 0.1) is 0 Å². The number of aromatic nitrogens is 2. The SMILES string of the molecule is O=C(CCl)Nc1ccn(C2CC2(F)F)n1. The van der Waals surface area contributed by atoms with E-state index in [4.69, 9.17) is 11.6 Å². The summed E-state index contributed by atoms with van der Waals surface area (Å²) in [5.74, 6) is -3.03. The Morgan fingerprint density at radius 3 is 3.00 bits per heavy atom. The molecule has 0 saturated heterocycles. The molecule has 4 nitrogen and oxygen atoms in total. The van der Waals surface area contributed by atoms with Crippen LogP contribution in [0.3, 0.4) is 0 Å². The molecule has 0 bridgehead atoms. The molecule has 1 N–H and O–H groups in total. The van der Waals surface area contributed by atoms with E-state index < -0.39 is 17.9 Å². The van der Waals surface area contributed by atoms with Crippen LogP contribution < -0.4 is 5.32 Å². The molecule has 1 aromatic heterocycles. The van der Waals surface area contributed by atoms with Gasteiger partial charge in [-0.15, -0.1) is 11.6 Å².